The van der Waals surface area contributed by atoms with E-state index in [9.17, 15) is 4.79 Å². The molecule has 3 aliphatic rings. The molecular weight excluding hydrogens is 224 g/mol. The van der Waals surface area contributed by atoms with Gasteiger partial charge in [-0.3, -0.25) is 4.79 Å². The number of nitrogens with one attached hydrogen (secondary N) is 1. The Bertz CT molecular complexity index is 299. The molecular formula is C15H26N2O. The van der Waals surface area contributed by atoms with Crippen LogP contribution in [0.25, 0.3) is 0 Å². The van der Waals surface area contributed by atoms with Crippen molar-refractivity contribution in [3.63, 3.8) is 0 Å². The third kappa shape index (κ3) is 2.87. The molecule has 0 spiro atoms. The van der Waals surface area contributed by atoms with Gasteiger partial charge in [-0.2, -0.15) is 0 Å². The predicted octanol–water partition coefficient (Wildman–Crippen LogP) is 2.17. The van der Waals surface area contributed by atoms with Crippen molar-refractivity contribution < 1.29 is 4.79 Å². The summed E-state index contributed by atoms with van der Waals surface area (Å²) < 4.78 is 0. The van der Waals surface area contributed by atoms with Crippen LogP contribution in [0, 0.1) is 11.8 Å². The number of fused-ring (bicyclic) bond motifs is 1. The fourth-order valence-electron chi connectivity index (χ4n) is 3.74. The van der Waals surface area contributed by atoms with Crippen molar-refractivity contribution in [2.45, 2.75) is 57.4 Å². The summed E-state index contributed by atoms with van der Waals surface area (Å²) in [6, 6.07) is 0.572. The number of hydrogen-bond donors (Lipinski definition) is 1. The van der Waals surface area contributed by atoms with Gasteiger partial charge in [-0.05, 0) is 56.9 Å². The van der Waals surface area contributed by atoms with Gasteiger partial charge in [0.1, 0.15) is 0 Å². The number of nitrogens with zero attached hydrogens (tertiary/aromatic N) is 1. The van der Waals surface area contributed by atoms with Gasteiger partial charge in [-0.1, -0.05) is 12.8 Å². The first-order valence-corrected chi connectivity index (χ1v) is 7.85. The van der Waals surface area contributed by atoms with Crippen molar-refractivity contribution >= 4 is 5.91 Å². The second-order valence-corrected chi connectivity index (χ2v) is 6.42. The molecule has 0 radical (unpaired) electrons. The lowest BCUT2D eigenvalue weighted by Crippen LogP contribution is -2.52. The highest BCUT2D eigenvalue weighted by Gasteiger charge is 2.35. The van der Waals surface area contributed by atoms with E-state index in [1.165, 1.54) is 51.4 Å². The van der Waals surface area contributed by atoms with Crippen LogP contribution in [-0.2, 0) is 4.79 Å². The Balaban J connectivity index is 1.50. The molecule has 1 amide bonds. The topological polar surface area (TPSA) is 32.3 Å². The fraction of sp³-hybridized carbons (Fsp3) is 0.933. The molecule has 2 atom stereocenters. The van der Waals surface area contributed by atoms with Crippen molar-refractivity contribution in [3.05, 3.63) is 0 Å². The van der Waals surface area contributed by atoms with Gasteiger partial charge in [0.05, 0.1) is 6.54 Å². The van der Waals surface area contributed by atoms with Crippen LogP contribution >= 0.6 is 0 Å². The van der Waals surface area contributed by atoms with E-state index >= 15 is 0 Å². The molecule has 1 heterocycles. The van der Waals surface area contributed by atoms with Crippen LogP contribution in [0.2, 0.25) is 0 Å². The molecule has 3 heteroatoms. The molecule has 0 aromatic heterocycles. The number of carbonyl (C=O) groups is 1. The number of likely N-dealkylation sites (tertiary alicyclic amines) is 1. The molecule has 102 valence electrons. The van der Waals surface area contributed by atoms with E-state index in [1.54, 1.807) is 0 Å². The van der Waals surface area contributed by atoms with Gasteiger partial charge < -0.3 is 10.2 Å². The Labute approximate surface area is 110 Å². The highest BCUT2D eigenvalue weighted by atomic mass is 16.2. The molecule has 2 aliphatic carbocycles. The minimum atomic E-state index is 0.354. The molecule has 18 heavy (non-hydrogen) atoms. The monoisotopic (exact) mass is 250 g/mol. The Kier molecular flexibility index (Phi) is 3.88. The van der Waals surface area contributed by atoms with Gasteiger partial charge in [0.25, 0.3) is 0 Å². The summed E-state index contributed by atoms with van der Waals surface area (Å²) in [6.45, 7) is 2.62. The highest BCUT2D eigenvalue weighted by Crippen LogP contribution is 2.35. The van der Waals surface area contributed by atoms with E-state index in [0.29, 0.717) is 18.5 Å². The summed E-state index contributed by atoms with van der Waals surface area (Å²) in [5, 5.41) is 3.35. The number of carbonyl (C=O) groups excluding carboxylic acids is 1. The van der Waals surface area contributed by atoms with Gasteiger partial charge in [0, 0.05) is 12.6 Å². The lowest BCUT2D eigenvalue weighted by molar-refractivity contribution is -0.136. The smallest absolute Gasteiger partial charge is 0.236 e. The van der Waals surface area contributed by atoms with Gasteiger partial charge in [-0.25, -0.2) is 0 Å². The van der Waals surface area contributed by atoms with Gasteiger partial charge in [-0.15, -0.1) is 0 Å². The Morgan fingerprint density at radius 1 is 1.06 bits per heavy atom. The summed E-state index contributed by atoms with van der Waals surface area (Å²) in [5.41, 5.74) is 0. The Hall–Kier alpha value is -0.570. The average molecular weight is 250 g/mol. The van der Waals surface area contributed by atoms with E-state index in [2.05, 4.69) is 10.2 Å². The number of hydrogen-bond acceptors (Lipinski definition) is 2. The average Bonchev–Trinajstić information content (AvgIpc) is 3.22. The van der Waals surface area contributed by atoms with E-state index < -0.39 is 0 Å². The highest BCUT2D eigenvalue weighted by molar-refractivity contribution is 5.78. The van der Waals surface area contributed by atoms with Crippen LogP contribution in [0.15, 0.2) is 0 Å². The van der Waals surface area contributed by atoms with Crippen LogP contribution in [0.5, 0.6) is 0 Å². The second-order valence-electron chi connectivity index (χ2n) is 6.42. The molecule has 2 unspecified atom stereocenters. The molecule has 0 bridgehead atoms. The Morgan fingerprint density at radius 2 is 1.83 bits per heavy atom. The van der Waals surface area contributed by atoms with Crippen molar-refractivity contribution in [3.8, 4) is 0 Å². The van der Waals surface area contributed by atoms with Crippen molar-refractivity contribution in [1.82, 2.24) is 10.2 Å². The summed E-state index contributed by atoms with van der Waals surface area (Å²) in [5.74, 6) is 2.02. The maximum Gasteiger partial charge on any atom is 0.236 e. The van der Waals surface area contributed by atoms with Crippen LogP contribution in [0.4, 0.5) is 0 Å². The lowest BCUT2D eigenvalue weighted by atomic mass is 9.78. The zero-order chi connectivity index (χ0) is 12.4. The van der Waals surface area contributed by atoms with Crippen LogP contribution in [0.1, 0.15) is 51.4 Å². The van der Waals surface area contributed by atoms with Crippen molar-refractivity contribution in [2.24, 2.45) is 11.8 Å². The molecule has 3 rings (SSSR count). The molecule has 2 saturated carbocycles. The standard InChI is InChI=1S/C15H26N2O/c18-15(11-16-10-12-7-8-12)17-9-3-5-13-4-1-2-6-14(13)17/h12-14,16H,1-11H2. The molecule has 0 aromatic carbocycles. The van der Waals surface area contributed by atoms with Gasteiger partial charge >= 0.3 is 0 Å². The maximum atomic E-state index is 12.3. The first-order valence-electron chi connectivity index (χ1n) is 7.85. The molecule has 1 N–H and O–H groups in total. The van der Waals surface area contributed by atoms with Crippen LogP contribution in [0.3, 0.4) is 0 Å². The zero-order valence-corrected chi connectivity index (χ0v) is 11.4. The molecule has 3 nitrogen and oxygen atoms in total. The Morgan fingerprint density at radius 3 is 2.67 bits per heavy atom. The molecule has 1 saturated heterocycles. The lowest BCUT2D eigenvalue weighted by Gasteiger charge is -2.44. The molecule has 0 aromatic rings. The summed E-state index contributed by atoms with van der Waals surface area (Å²) in [4.78, 5) is 14.5. The predicted molar refractivity (Wildman–Crippen MR) is 72.3 cm³/mol. The first-order chi connectivity index (χ1) is 8.84. The number of piperidine rings is 1. The van der Waals surface area contributed by atoms with Gasteiger partial charge in [0.2, 0.25) is 5.91 Å². The van der Waals surface area contributed by atoms with E-state index in [-0.39, 0.29) is 0 Å². The molecule has 3 fully saturated rings. The second kappa shape index (κ2) is 5.60. The van der Waals surface area contributed by atoms with Crippen molar-refractivity contribution in [1.29, 1.82) is 0 Å². The SMILES string of the molecule is O=C(CNCC1CC1)N1CCCC2CCCCC21. The maximum absolute atomic E-state index is 12.3. The minimum Gasteiger partial charge on any atom is -0.338 e. The normalized spacial score (nSPS) is 32.1. The zero-order valence-electron chi connectivity index (χ0n) is 11.4. The fourth-order valence-corrected chi connectivity index (χ4v) is 3.74. The third-order valence-corrected chi connectivity index (χ3v) is 4.97. The third-order valence-electron chi connectivity index (χ3n) is 4.97. The summed E-state index contributed by atoms with van der Waals surface area (Å²) >= 11 is 0. The minimum absolute atomic E-state index is 0.354. The van der Waals surface area contributed by atoms with Crippen LogP contribution in [-0.4, -0.2) is 36.5 Å². The van der Waals surface area contributed by atoms with E-state index in [4.69, 9.17) is 0 Å². The van der Waals surface area contributed by atoms with Crippen LogP contribution < -0.4 is 5.32 Å². The van der Waals surface area contributed by atoms with E-state index in [0.717, 1.165) is 24.9 Å². The quantitative estimate of drug-likeness (QED) is 0.829. The number of rotatable bonds is 4. The first kappa shape index (κ1) is 12.5. The van der Waals surface area contributed by atoms with Crippen molar-refractivity contribution in [2.75, 3.05) is 19.6 Å². The summed E-state index contributed by atoms with van der Waals surface area (Å²) in [6.07, 6.45) is 10.6. The summed E-state index contributed by atoms with van der Waals surface area (Å²) in [7, 11) is 0. The molecule has 1 aliphatic heterocycles. The number of amides is 1. The largest absolute Gasteiger partial charge is 0.338 e. The van der Waals surface area contributed by atoms with E-state index in [1.807, 2.05) is 0 Å². The van der Waals surface area contributed by atoms with Gasteiger partial charge in [0.15, 0.2) is 0 Å².